The topological polar surface area (TPSA) is 75.4 Å². The second-order valence-electron chi connectivity index (χ2n) is 5.44. The summed E-state index contributed by atoms with van der Waals surface area (Å²) in [4.78, 5) is 25.5. The number of hydrogen-bond donors (Lipinski definition) is 2. The van der Waals surface area contributed by atoms with Gasteiger partial charge in [-0.3, -0.25) is 9.59 Å². The number of rotatable bonds is 6. The molecule has 0 radical (unpaired) electrons. The lowest BCUT2D eigenvalue weighted by Gasteiger charge is -2.17. The van der Waals surface area contributed by atoms with Gasteiger partial charge in [0.2, 0.25) is 11.8 Å². The average Bonchev–Trinajstić information content (AvgIpc) is 2.91. The molecule has 0 unspecified atom stereocenters. The Morgan fingerprint density at radius 3 is 2.95 bits per heavy atom. The van der Waals surface area contributed by atoms with Gasteiger partial charge < -0.3 is 16.0 Å². The zero-order chi connectivity index (χ0) is 15.2. The fraction of sp³-hybridized carbons (Fsp3) is 0.500. The minimum Gasteiger partial charge on any atom is -0.325 e. The molecule has 1 aliphatic rings. The minimum absolute atomic E-state index is 0.137. The van der Waals surface area contributed by atoms with Crippen LogP contribution in [0.25, 0.3) is 0 Å². The Kier molecular flexibility index (Phi) is 5.33. The zero-order valence-corrected chi connectivity index (χ0v) is 12.5. The highest BCUT2D eigenvalue weighted by Gasteiger charge is 2.22. The van der Waals surface area contributed by atoms with Crippen LogP contribution in [-0.4, -0.2) is 24.4 Å². The largest absolute Gasteiger partial charge is 0.325 e. The average molecular weight is 289 g/mol. The normalized spacial score (nSPS) is 16.1. The Hall–Kier alpha value is -1.88. The van der Waals surface area contributed by atoms with Crippen LogP contribution in [0.4, 0.5) is 11.4 Å². The number of nitrogens with zero attached hydrogens (tertiary/aromatic N) is 1. The van der Waals surface area contributed by atoms with Crippen molar-refractivity contribution in [2.75, 3.05) is 16.8 Å². The summed E-state index contributed by atoms with van der Waals surface area (Å²) in [5.41, 5.74) is 7.37. The summed E-state index contributed by atoms with van der Waals surface area (Å²) in [5.74, 6) is -0.0357. The highest BCUT2D eigenvalue weighted by Crippen LogP contribution is 2.24. The molecule has 1 aromatic carbocycles. The lowest BCUT2D eigenvalue weighted by Crippen LogP contribution is -2.35. The standard InChI is InChI=1S/C16H23N3O2/c1-2-3-8-14(17)16(21)18-12-6-4-7-13(11-12)19-10-5-9-15(19)20/h4,6-7,11,14H,2-3,5,8-10,17H2,1H3,(H,18,21)/t14-/m0/s1. The van der Waals surface area contributed by atoms with Crippen LogP contribution in [-0.2, 0) is 9.59 Å². The summed E-state index contributed by atoms with van der Waals surface area (Å²) in [6.07, 6.45) is 4.13. The van der Waals surface area contributed by atoms with Gasteiger partial charge in [0.15, 0.2) is 0 Å². The fourth-order valence-corrected chi connectivity index (χ4v) is 2.46. The number of carbonyl (C=O) groups is 2. The van der Waals surface area contributed by atoms with E-state index in [0.29, 0.717) is 18.5 Å². The van der Waals surface area contributed by atoms with E-state index in [1.807, 2.05) is 24.3 Å². The van der Waals surface area contributed by atoms with E-state index in [4.69, 9.17) is 5.73 Å². The van der Waals surface area contributed by atoms with Gasteiger partial charge >= 0.3 is 0 Å². The fourth-order valence-electron chi connectivity index (χ4n) is 2.46. The lowest BCUT2D eigenvalue weighted by molar-refractivity contribution is -0.118. The van der Waals surface area contributed by atoms with Crippen molar-refractivity contribution in [2.45, 2.75) is 45.1 Å². The first-order valence-corrected chi connectivity index (χ1v) is 7.58. The molecular formula is C16H23N3O2. The third-order valence-electron chi connectivity index (χ3n) is 3.70. The molecule has 1 saturated heterocycles. The molecule has 5 heteroatoms. The number of carbonyl (C=O) groups excluding carboxylic acids is 2. The SMILES string of the molecule is CCCC[C@H](N)C(=O)Nc1cccc(N2CCCC2=O)c1. The molecule has 2 rings (SSSR count). The van der Waals surface area contributed by atoms with Crippen LogP contribution in [0.3, 0.4) is 0 Å². The Bertz CT molecular complexity index is 516. The quantitative estimate of drug-likeness (QED) is 0.843. The number of unbranched alkanes of at least 4 members (excludes halogenated alkanes) is 1. The summed E-state index contributed by atoms with van der Waals surface area (Å²) in [7, 11) is 0. The van der Waals surface area contributed by atoms with Crippen molar-refractivity contribution < 1.29 is 9.59 Å². The second kappa shape index (κ2) is 7.22. The van der Waals surface area contributed by atoms with Gasteiger partial charge in [0.05, 0.1) is 6.04 Å². The first-order valence-electron chi connectivity index (χ1n) is 7.58. The summed E-state index contributed by atoms with van der Waals surface area (Å²) < 4.78 is 0. The van der Waals surface area contributed by atoms with E-state index in [1.165, 1.54) is 0 Å². The van der Waals surface area contributed by atoms with E-state index in [2.05, 4.69) is 12.2 Å². The number of amides is 2. The van der Waals surface area contributed by atoms with Crippen LogP contribution < -0.4 is 16.0 Å². The van der Waals surface area contributed by atoms with Gasteiger partial charge in [-0.15, -0.1) is 0 Å². The van der Waals surface area contributed by atoms with Gasteiger partial charge in [0.1, 0.15) is 0 Å². The highest BCUT2D eigenvalue weighted by molar-refractivity contribution is 5.98. The van der Waals surface area contributed by atoms with Crippen molar-refractivity contribution in [3.8, 4) is 0 Å². The Labute approximate surface area is 125 Å². The summed E-state index contributed by atoms with van der Waals surface area (Å²) >= 11 is 0. The minimum atomic E-state index is -0.484. The summed E-state index contributed by atoms with van der Waals surface area (Å²) in [6.45, 7) is 2.81. The van der Waals surface area contributed by atoms with Crippen LogP contribution in [0.2, 0.25) is 0 Å². The maximum atomic E-state index is 12.0. The maximum Gasteiger partial charge on any atom is 0.241 e. The van der Waals surface area contributed by atoms with Gasteiger partial charge in [0, 0.05) is 24.3 Å². The number of nitrogens with two attached hydrogens (primary N) is 1. The predicted octanol–water partition coefficient (Wildman–Crippen LogP) is 2.27. The molecule has 2 amide bonds. The molecule has 0 aromatic heterocycles. The van der Waals surface area contributed by atoms with Crippen molar-refractivity contribution in [1.29, 1.82) is 0 Å². The van der Waals surface area contributed by atoms with E-state index in [9.17, 15) is 9.59 Å². The highest BCUT2D eigenvalue weighted by atomic mass is 16.2. The molecule has 1 aromatic rings. The molecule has 3 N–H and O–H groups in total. The molecule has 21 heavy (non-hydrogen) atoms. The molecule has 1 fully saturated rings. The van der Waals surface area contributed by atoms with Gasteiger partial charge in [-0.2, -0.15) is 0 Å². The smallest absolute Gasteiger partial charge is 0.241 e. The van der Waals surface area contributed by atoms with Crippen LogP contribution in [0.15, 0.2) is 24.3 Å². The van der Waals surface area contributed by atoms with Crippen molar-refractivity contribution in [1.82, 2.24) is 0 Å². The first kappa shape index (κ1) is 15.5. The predicted molar refractivity (Wildman–Crippen MR) is 84.2 cm³/mol. The van der Waals surface area contributed by atoms with Crippen LogP contribution >= 0.6 is 0 Å². The van der Waals surface area contributed by atoms with Crippen molar-refractivity contribution in [3.63, 3.8) is 0 Å². The van der Waals surface area contributed by atoms with Gasteiger partial charge in [-0.1, -0.05) is 25.8 Å². The number of hydrogen-bond acceptors (Lipinski definition) is 3. The maximum absolute atomic E-state index is 12.0. The van der Waals surface area contributed by atoms with E-state index in [1.54, 1.807) is 4.90 Å². The molecule has 114 valence electrons. The van der Waals surface area contributed by atoms with Crippen molar-refractivity contribution in [3.05, 3.63) is 24.3 Å². The number of benzene rings is 1. The summed E-state index contributed by atoms with van der Waals surface area (Å²) in [6, 6.07) is 6.88. The van der Waals surface area contributed by atoms with Crippen molar-refractivity contribution >= 4 is 23.2 Å². The third kappa shape index (κ3) is 4.04. The lowest BCUT2D eigenvalue weighted by atomic mass is 10.1. The van der Waals surface area contributed by atoms with E-state index >= 15 is 0 Å². The van der Waals surface area contributed by atoms with Crippen LogP contribution in [0, 0.1) is 0 Å². The Morgan fingerprint density at radius 2 is 2.29 bits per heavy atom. The molecule has 1 heterocycles. The molecule has 0 bridgehead atoms. The molecular weight excluding hydrogens is 266 g/mol. The molecule has 5 nitrogen and oxygen atoms in total. The van der Waals surface area contributed by atoms with E-state index in [-0.39, 0.29) is 11.8 Å². The molecule has 1 atom stereocenters. The molecule has 0 aliphatic carbocycles. The Balaban J connectivity index is 2.01. The second-order valence-corrected chi connectivity index (χ2v) is 5.44. The van der Waals surface area contributed by atoms with Crippen LogP contribution in [0.5, 0.6) is 0 Å². The molecule has 0 saturated carbocycles. The number of anilines is 2. The van der Waals surface area contributed by atoms with Crippen molar-refractivity contribution in [2.24, 2.45) is 5.73 Å². The number of nitrogens with one attached hydrogen (secondary N) is 1. The Morgan fingerprint density at radius 1 is 1.48 bits per heavy atom. The van der Waals surface area contributed by atoms with Crippen LogP contribution in [0.1, 0.15) is 39.0 Å². The molecule has 1 aliphatic heterocycles. The third-order valence-corrected chi connectivity index (χ3v) is 3.70. The first-order chi connectivity index (χ1) is 10.1. The van der Waals surface area contributed by atoms with E-state index < -0.39 is 6.04 Å². The van der Waals surface area contributed by atoms with Gasteiger partial charge in [0.25, 0.3) is 0 Å². The zero-order valence-electron chi connectivity index (χ0n) is 12.5. The van der Waals surface area contributed by atoms with Gasteiger partial charge in [-0.25, -0.2) is 0 Å². The van der Waals surface area contributed by atoms with E-state index in [0.717, 1.165) is 31.5 Å². The van der Waals surface area contributed by atoms with Gasteiger partial charge in [-0.05, 0) is 31.0 Å². The summed E-state index contributed by atoms with van der Waals surface area (Å²) in [5, 5.41) is 2.83. The monoisotopic (exact) mass is 289 g/mol. The molecule has 0 spiro atoms.